The Kier molecular flexibility index (Phi) is 3.10. The van der Waals surface area contributed by atoms with Crippen LogP contribution in [-0.4, -0.2) is 12.9 Å². The number of ether oxygens (including phenoxy) is 1. The minimum Gasteiger partial charge on any atom is -0.495 e. The zero-order chi connectivity index (χ0) is 10.7. The second kappa shape index (κ2) is 4.12. The Morgan fingerprint density at radius 3 is 2.64 bits per heavy atom. The average Bonchev–Trinajstić information content (AvgIpc) is 2.17. The molecule has 0 aliphatic heterocycles. The molecule has 0 radical (unpaired) electrons. The maximum absolute atomic E-state index is 11.1. The summed E-state index contributed by atoms with van der Waals surface area (Å²) in [6, 6.07) is 4.99. The SMILES string of the molecule is COc1ccc(C(C)=O)c(C#N)c1Cl. The van der Waals surface area contributed by atoms with E-state index in [4.69, 9.17) is 21.6 Å². The highest BCUT2D eigenvalue weighted by Gasteiger charge is 2.14. The van der Waals surface area contributed by atoms with Crippen LogP contribution in [0.3, 0.4) is 0 Å². The molecular weight excluding hydrogens is 202 g/mol. The number of carbonyl (C=O) groups is 1. The standard InChI is InChI=1S/C10H8ClNO2/c1-6(13)7-3-4-9(14-2)10(11)8(7)5-12/h3-4H,1-2H3. The van der Waals surface area contributed by atoms with E-state index in [1.54, 1.807) is 6.07 Å². The molecular formula is C10H8ClNO2. The van der Waals surface area contributed by atoms with Gasteiger partial charge in [-0.05, 0) is 19.1 Å². The molecule has 0 N–H and O–H groups in total. The van der Waals surface area contributed by atoms with E-state index in [1.165, 1.54) is 20.1 Å². The first kappa shape index (κ1) is 10.6. The van der Waals surface area contributed by atoms with E-state index >= 15 is 0 Å². The third-order valence-electron chi connectivity index (χ3n) is 1.82. The summed E-state index contributed by atoms with van der Waals surface area (Å²) in [6.07, 6.45) is 0. The molecule has 0 spiro atoms. The Hall–Kier alpha value is -1.53. The van der Waals surface area contributed by atoms with Crippen LogP contribution in [0.1, 0.15) is 22.8 Å². The summed E-state index contributed by atoms with van der Waals surface area (Å²) < 4.78 is 4.93. The molecule has 3 nitrogen and oxygen atoms in total. The van der Waals surface area contributed by atoms with Crippen molar-refractivity contribution in [2.24, 2.45) is 0 Å². The molecule has 0 saturated heterocycles. The maximum atomic E-state index is 11.1. The number of benzene rings is 1. The fourth-order valence-corrected chi connectivity index (χ4v) is 1.40. The molecule has 1 aromatic rings. The van der Waals surface area contributed by atoms with Gasteiger partial charge in [0.1, 0.15) is 16.8 Å². The van der Waals surface area contributed by atoms with Crippen LogP contribution >= 0.6 is 11.6 Å². The van der Waals surface area contributed by atoms with Gasteiger partial charge in [-0.3, -0.25) is 4.79 Å². The van der Waals surface area contributed by atoms with Crippen molar-refractivity contribution < 1.29 is 9.53 Å². The maximum Gasteiger partial charge on any atom is 0.161 e. The second-order valence-electron chi connectivity index (χ2n) is 2.67. The monoisotopic (exact) mass is 209 g/mol. The number of nitriles is 1. The van der Waals surface area contributed by atoms with Gasteiger partial charge in [-0.2, -0.15) is 5.26 Å². The molecule has 0 aliphatic carbocycles. The number of Topliss-reactive ketones (excluding diaryl/α,β-unsaturated/α-hetero) is 1. The predicted molar refractivity (Wildman–Crippen MR) is 52.7 cm³/mol. The van der Waals surface area contributed by atoms with E-state index in [9.17, 15) is 4.79 Å². The van der Waals surface area contributed by atoms with Crippen LogP contribution in [0.5, 0.6) is 5.75 Å². The highest BCUT2D eigenvalue weighted by molar-refractivity contribution is 6.33. The smallest absolute Gasteiger partial charge is 0.161 e. The fourth-order valence-electron chi connectivity index (χ4n) is 1.12. The van der Waals surface area contributed by atoms with Crippen LogP contribution in [0.15, 0.2) is 12.1 Å². The first-order chi connectivity index (χ1) is 6.61. The molecule has 1 rings (SSSR count). The van der Waals surface area contributed by atoms with Crippen LogP contribution < -0.4 is 4.74 Å². The minimum atomic E-state index is -0.189. The highest BCUT2D eigenvalue weighted by atomic mass is 35.5. The van der Waals surface area contributed by atoms with Gasteiger partial charge in [-0.1, -0.05) is 11.6 Å². The Labute approximate surface area is 86.9 Å². The van der Waals surface area contributed by atoms with Crippen LogP contribution in [-0.2, 0) is 0 Å². The lowest BCUT2D eigenvalue weighted by Crippen LogP contribution is -1.98. The van der Waals surface area contributed by atoms with E-state index in [1.807, 2.05) is 6.07 Å². The number of rotatable bonds is 2. The van der Waals surface area contributed by atoms with Crippen molar-refractivity contribution in [3.63, 3.8) is 0 Å². The topological polar surface area (TPSA) is 50.1 Å². The van der Waals surface area contributed by atoms with E-state index in [0.717, 1.165) is 0 Å². The molecule has 0 fully saturated rings. The van der Waals surface area contributed by atoms with Gasteiger partial charge in [0.05, 0.1) is 12.7 Å². The molecule has 4 heteroatoms. The summed E-state index contributed by atoms with van der Waals surface area (Å²) in [7, 11) is 1.45. The van der Waals surface area contributed by atoms with Gasteiger partial charge in [-0.15, -0.1) is 0 Å². The molecule has 72 valence electrons. The molecule has 0 atom stereocenters. The summed E-state index contributed by atoms with van der Waals surface area (Å²) >= 11 is 5.86. The predicted octanol–water partition coefficient (Wildman–Crippen LogP) is 2.42. The molecule has 0 heterocycles. The van der Waals surface area contributed by atoms with Crippen molar-refractivity contribution in [1.29, 1.82) is 5.26 Å². The van der Waals surface area contributed by atoms with Crippen molar-refractivity contribution in [1.82, 2.24) is 0 Å². The van der Waals surface area contributed by atoms with E-state index in [-0.39, 0.29) is 16.4 Å². The number of methoxy groups -OCH3 is 1. The first-order valence-corrected chi connectivity index (χ1v) is 4.27. The normalized spacial score (nSPS) is 9.29. The fraction of sp³-hybridized carbons (Fsp3) is 0.200. The highest BCUT2D eigenvalue weighted by Crippen LogP contribution is 2.30. The molecule has 0 amide bonds. The summed E-state index contributed by atoms with van der Waals surface area (Å²) in [4.78, 5) is 11.1. The Morgan fingerprint density at radius 1 is 1.57 bits per heavy atom. The molecule has 0 bridgehead atoms. The van der Waals surface area contributed by atoms with Crippen molar-refractivity contribution in [3.8, 4) is 11.8 Å². The van der Waals surface area contributed by atoms with Crippen molar-refractivity contribution in [2.75, 3.05) is 7.11 Å². The van der Waals surface area contributed by atoms with Crippen molar-refractivity contribution >= 4 is 17.4 Å². The molecule has 0 saturated carbocycles. The van der Waals surface area contributed by atoms with Gasteiger partial charge >= 0.3 is 0 Å². The summed E-state index contributed by atoms with van der Waals surface area (Å²) in [6.45, 7) is 1.39. The lowest BCUT2D eigenvalue weighted by molar-refractivity contribution is 0.101. The number of carbonyl (C=O) groups excluding carboxylic acids is 1. The first-order valence-electron chi connectivity index (χ1n) is 3.89. The zero-order valence-corrected chi connectivity index (χ0v) is 8.55. The van der Waals surface area contributed by atoms with Crippen LogP contribution in [0.2, 0.25) is 5.02 Å². The van der Waals surface area contributed by atoms with Crippen LogP contribution in [0.25, 0.3) is 0 Å². The minimum absolute atomic E-state index is 0.165. The van der Waals surface area contributed by atoms with Gasteiger partial charge in [0, 0.05) is 5.56 Å². The number of halogens is 1. The van der Waals surface area contributed by atoms with E-state index < -0.39 is 0 Å². The number of ketones is 1. The van der Waals surface area contributed by atoms with Gasteiger partial charge in [0.25, 0.3) is 0 Å². The largest absolute Gasteiger partial charge is 0.495 e. The van der Waals surface area contributed by atoms with Crippen LogP contribution in [0, 0.1) is 11.3 Å². The van der Waals surface area contributed by atoms with Crippen LogP contribution in [0.4, 0.5) is 0 Å². The molecule has 1 aromatic carbocycles. The Bertz CT molecular complexity index is 421. The van der Waals surface area contributed by atoms with Crippen molar-refractivity contribution in [3.05, 3.63) is 28.3 Å². The molecule has 0 aromatic heterocycles. The third-order valence-corrected chi connectivity index (χ3v) is 2.19. The second-order valence-corrected chi connectivity index (χ2v) is 3.05. The molecule has 0 unspecified atom stereocenters. The Balaban J connectivity index is 3.45. The van der Waals surface area contributed by atoms with Gasteiger partial charge in [0.2, 0.25) is 0 Å². The number of hydrogen-bond acceptors (Lipinski definition) is 3. The summed E-state index contributed by atoms with van der Waals surface area (Å²) in [5.74, 6) is 0.208. The van der Waals surface area contributed by atoms with E-state index in [2.05, 4.69) is 0 Å². The van der Waals surface area contributed by atoms with Gasteiger partial charge in [-0.25, -0.2) is 0 Å². The summed E-state index contributed by atoms with van der Waals surface area (Å²) in [5.41, 5.74) is 0.483. The lowest BCUT2D eigenvalue weighted by atomic mass is 10.0. The molecule has 0 aliphatic rings. The Morgan fingerprint density at radius 2 is 2.21 bits per heavy atom. The van der Waals surface area contributed by atoms with Gasteiger partial charge in [0.15, 0.2) is 5.78 Å². The summed E-state index contributed by atoms with van der Waals surface area (Å²) in [5, 5.41) is 9.01. The number of nitrogens with zero attached hydrogens (tertiary/aromatic N) is 1. The molecule has 14 heavy (non-hydrogen) atoms. The quantitative estimate of drug-likeness (QED) is 0.703. The zero-order valence-electron chi connectivity index (χ0n) is 7.80. The van der Waals surface area contributed by atoms with Gasteiger partial charge < -0.3 is 4.74 Å². The average molecular weight is 210 g/mol. The third kappa shape index (κ3) is 1.70. The number of hydrogen-bond donors (Lipinski definition) is 0. The van der Waals surface area contributed by atoms with E-state index in [0.29, 0.717) is 11.3 Å². The lowest BCUT2D eigenvalue weighted by Gasteiger charge is -2.06. The van der Waals surface area contributed by atoms with Crippen molar-refractivity contribution in [2.45, 2.75) is 6.92 Å².